The molecule has 1 aliphatic heterocycles. The molecule has 1 fully saturated rings. The fraction of sp³-hybridized carbons (Fsp3) is 0.0870. The summed E-state index contributed by atoms with van der Waals surface area (Å²) >= 11 is 6.69. The fourth-order valence-corrected chi connectivity index (χ4v) is 4.10. The predicted octanol–water partition coefficient (Wildman–Crippen LogP) is 5.21. The minimum absolute atomic E-state index is 0.112. The summed E-state index contributed by atoms with van der Waals surface area (Å²) in [6, 6.07) is 18.1. The highest BCUT2D eigenvalue weighted by Crippen LogP contribution is 2.33. The molecule has 1 aromatic heterocycles. The van der Waals surface area contributed by atoms with Crippen molar-refractivity contribution in [2.24, 2.45) is 0 Å². The lowest BCUT2D eigenvalue weighted by atomic mass is 10.1. The van der Waals surface area contributed by atoms with Gasteiger partial charge in [-0.2, -0.15) is 0 Å². The van der Waals surface area contributed by atoms with Crippen LogP contribution in [0.25, 0.3) is 6.08 Å². The van der Waals surface area contributed by atoms with Crippen LogP contribution >= 0.6 is 24.0 Å². The van der Waals surface area contributed by atoms with Crippen LogP contribution in [0.2, 0.25) is 0 Å². The van der Waals surface area contributed by atoms with Gasteiger partial charge in [-0.1, -0.05) is 65.9 Å². The zero-order valence-corrected chi connectivity index (χ0v) is 17.7. The molecular formula is C23H17NO4S2. The van der Waals surface area contributed by atoms with Gasteiger partial charge in [0.25, 0.3) is 5.91 Å². The molecule has 2 aromatic carbocycles. The molecule has 3 aromatic rings. The maximum atomic E-state index is 12.8. The summed E-state index contributed by atoms with van der Waals surface area (Å²) in [6.07, 6.45) is 3.20. The van der Waals surface area contributed by atoms with Crippen LogP contribution < -0.4 is 4.74 Å². The van der Waals surface area contributed by atoms with E-state index in [1.165, 1.54) is 29.7 Å². The summed E-state index contributed by atoms with van der Waals surface area (Å²) in [5.74, 6) is -0.152. The molecule has 0 saturated carbocycles. The van der Waals surface area contributed by atoms with Crippen LogP contribution in [0.1, 0.15) is 27.2 Å². The lowest BCUT2D eigenvalue weighted by Crippen LogP contribution is -2.27. The number of hydrogen-bond donors (Lipinski definition) is 0. The molecule has 0 atom stereocenters. The first kappa shape index (κ1) is 20.1. The normalized spacial score (nSPS) is 15.1. The summed E-state index contributed by atoms with van der Waals surface area (Å²) in [6.45, 7) is 2.47. The van der Waals surface area contributed by atoms with Crippen LogP contribution in [-0.4, -0.2) is 21.1 Å². The number of rotatable bonds is 5. The molecule has 0 bridgehead atoms. The molecule has 1 aliphatic rings. The molecule has 5 nitrogen and oxygen atoms in total. The molecule has 0 spiro atoms. The van der Waals surface area contributed by atoms with Gasteiger partial charge in [-0.25, -0.2) is 4.79 Å². The van der Waals surface area contributed by atoms with Gasteiger partial charge in [0.05, 0.1) is 17.7 Å². The number of esters is 1. The molecule has 30 heavy (non-hydrogen) atoms. The highest BCUT2D eigenvalue weighted by atomic mass is 32.2. The number of aryl methyl sites for hydroxylation is 1. The van der Waals surface area contributed by atoms with Crippen molar-refractivity contribution in [1.82, 2.24) is 4.90 Å². The Morgan fingerprint density at radius 1 is 1.13 bits per heavy atom. The van der Waals surface area contributed by atoms with Crippen molar-refractivity contribution in [3.05, 3.63) is 94.3 Å². The van der Waals surface area contributed by atoms with E-state index in [9.17, 15) is 9.59 Å². The van der Waals surface area contributed by atoms with Gasteiger partial charge in [0.2, 0.25) is 5.76 Å². The predicted molar refractivity (Wildman–Crippen MR) is 120 cm³/mol. The van der Waals surface area contributed by atoms with Crippen LogP contribution in [0, 0.1) is 6.92 Å². The standard InChI is InChI=1S/C23H17NO4S2/c1-15-4-6-17(7-5-15)14-24-21(25)20(30-23(24)29)13-16-8-10-18(11-9-16)28-22(26)19-3-2-12-27-19/h2-13H,14H2,1H3. The number of nitrogens with zero attached hydrogens (tertiary/aromatic N) is 1. The van der Waals surface area contributed by atoms with Crippen molar-refractivity contribution in [2.75, 3.05) is 0 Å². The van der Waals surface area contributed by atoms with Gasteiger partial charge in [-0.3, -0.25) is 9.69 Å². The second-order valence-electron chi connectivity index (χ2n) is 6.69. The second kappa shape index (κ2) is 8.69. The van der Waals surface area contributed by atoms with Crippen LogP contribution in [0.4, 0.5) is 0 Å². The first-order valence-corrected chi connectivity index (χ1v) is 10.4. The number of hydrogen-bond acceptors (Lipinski definition) is 6. The third-order valence-electron chi connectivity index (χ3n) is 4.45. The van der Waals surface area contributed by atoms with Crippen molar-refractivity contribution in [3.8, 4) is 5.75 Å². The maximum absolute atomic E-state index is 12.8. The molecular weight excluding hydrogens is 418 g/mol. The monoisotopic (exact) mass is 435 g/mol. The summed E-state index contributed by atoms with van der Waals surface area (Å²) in [4.78, 5) is 26.9. The SMILES string of the molecule is Cc1ccc(CN2C(=O)C(=Cc3ccc(OC(=O)c4ccco4)cc3)SC2=S)cc1. The summed E-state index contributed by atoms with van der Waals surface area (Å²) < 4.78 is 10.8. The van der Waals surface area contributed by atoms with E-state index in [0.717, 1.165) is 11.1 Å². The average molecular weight is 436 g/mol. The largest absolute Gasteiger partial charge is 0.457 e. The van der Waals surface area contributed by atoms with E-state index in [4.69, 9.17) is 21.4 Å². The Morgan fingerprint density at radius 2 is 1.87 bits per heavy atom. The van der Waals surface area contributed by atoms with Crippen LogP contribution in [0.3, 0.4) is 0 Å². The smallest absolute Gasteiger partial charge is 0.379 e. The maximum Gasteiger partial charge on any atom is 0.379 e. The molecule has 4 rings (SSSR count). The van der Waals surface area contributed by atoms with E-state index in [2.05, 4.69) is 0 Å². The van der Waals surface area contributed by atoms with Crippen LogP contribution in [-0.2, 0) is 11.3 Å². The van der Waals surface area contributed by atoms with E-state index in [-0.39, 0.29) is 11.7 Å². The van der Waals surface area contributed by atoms with E-state index in [0.29, 0.717) is 21.5 Å². The number of thioether (sulfide) groups is 1. The van der Waals surface area contributed by atoms with Gasteiger partial charge in [-0.15, -0.1) is 0 Å². The van der Waals surface area contributed by atoms with Gasteiger partial charge in [-0.05, 0) is 48.4 Å². The summed E-state index contributed by atoms with van der Waals surface area (Å²) in [7, 11) is 0. The van der Waals surface area contributed by atoms with Gasteiger partial charge in [0.1, 0.15) is 10.1 Å². The number of benzene rings is 2. The van der Waals surface area contributed by atoms with Gasteiger partial charge < -0.3 is 9.15 Å². The lowest BCUT2D eigenvalue weighted by molar-refractivity contribution is -0.122. The molecule has 1 amide bonds. The first-order chi connectivity index (χ1) is 14.5. The van der Waals surface area contributed by atoms with Crippen LogP contribution in [0.15, 0.2) is 76.2 Å². The van der Waals surface area contributed by atoms with Gasteiger partial charge in [0, 0.05) is 0 Å². The number of amides is 1. The zero-order valence-electron chi connectivity index (χ0n) is 16.0. The number of carbonyl (C=O) groups excluding carboxylic acids is 2. The Balaban J connectivity index is 1.44. The Morgan fingerprint density at radius 3 is 2.53 bits per heavy atom. The number of furan rings is 1. The molecule has 150 valence electrons. The number of carbonyl (C=O) groups is 2. The lowest BCUT2D eigenvalue weighted by Gasteiger charge is -2.14. The Labute approximate surface area is 183 Å². The third kappa shape index (κ3) is 4.53. The number of thiocarbonyl (C=S) groups is 1. The second-order valence-corrected chi connectivity index (χ2v) is 8.37. The molecule has 1 saturated heterocycles. The van der Waals surface area contributed by atoms with E-state index in [1.54, 1.807) is 41.3 Å². The van der Waals surface area contributed by atoms with Crippen molar-refractivity contribution in [1.29, 1.82) is 0 Å². The van der Waals surface area contributed by atoms with Gasteiger partial charge in [0.15, 0.2) is 0 Å². The minimum atomic E-state index is -0.565. The van der Waals surface area contributed by atoms with Gasteiger partial charge >= 0.3 is 5.97 Å². The minimum Gasteiger partial charge on any atom is -0.457 e. The topological polar surface area (TPSA) is 59.8 Å². The summed E-state index contributed by atoms with van der Waals surface area (Å²) in [5.41, 5.74) is 3.01. The van der Waals surface area contributed by atoms with E-state index >= 15 is 0 Å². The van der Waals surface area contributed by atoms with E-state index < -0.39 is 5.97 Å². The van der Waals surface area contributed by atoms with Crippen molar-refractivity contribution in [3.63, 3.8) is 0 Å². The van der Waals surface area contributed by atoms with Crippen molar-refractivity contribution >= 4 is 46.3 Å². The number of ether oxygens (including phenoxy) is 1. The van der Waals surface area contributed by atoms with E-state index in [1.807, 2.05) is 31.2 Å². The van der Waals surface area contributed by atoms with Crippen LogP contribution in [0.5, 0.6) is 5.75 Å². The highest BCUT2D eigenvalue weighted by molar-refractivity contribution is 8.26. The highest BCUT2D eigenvalue weighted by Gasteiger charge is 2.31. The average Bonchev–Trinajstić information content (AvgIpc) is 3.36. The molecule has 7 heteroatoms. The Hall–Kier alpha value is -3.16. The quantitative estimate of drug-likeness (QED) is 0.237. The third-order valence-corrected chi connectivity index (χ3v) is 5.82. The van der Waals surface area contributed by atoms with Crippen molar-refractivity contribution in [2.45, 2.75) is 13.5 Å². The first-order valence-electron chi connectivity index (χ1n) is 9.16. The molecule has 2 heterocycles. The Bertz CT molecular complexity index is 1120. The summed E-state index contributed by atoms with van der Waals surface area (Å²) in [5, 5.41) is 0. The fourth-order valence-electron chi connectivity index (χ4n) is 2.85. The van der Waals surface area contributed by atoms with Crippen molar-refractivity contribution < 1.29 is 18.7 Å². The molecule has 0 radical (unpaired) electrons. The zero-order chi connectivity index (χ0) is 21.1. The molecule has 0 unspecified atom stereocenters. The Kier molecular flexibility index (Phi) is 5.83. The molecule has 0 N–H and O–H groups in total. The molecule has 0 aliphatic carbocycles.